The number of hydrogen-bond donors (Lipinski definition) is 0. The van der Waals surface area contributed by atoms with Gasteiger partial charge in [-0.05, 0) is 57.2 Å². The quantitative estimate of drug-likeness (QED) is 0.498. The Morgan fingerprint density at radius 1 is 0.538 bits per heavy atom. The molecule has 0 fully saturated rings. The molecule has 0 aromatic heterocycles. The van der Waals surface area contributed by atoms with E-state index in [4.69, 9.17) is 0 Å². The zero-order valence-electron chi connectivity index (χ0n) is 21.7. The summed E-state index contributed by atoms with van der Waals surface area (Å²) in [6.07, 6.45) is 0. The molecule has 3 heterocycles. The molecule has 3 aliphatic rings. The molecule has 1 unspecified atom stereocenters. The fraction of sp³-hybridized carbons (Fsp3) is 0.200. The molecule has 0 N–H and O–H groups in total. The fourth-order valence-corrected chi connectivity index (χ4v) is 5.87. The number of carbonyl (C=O) groups is 3. The van der Waals surface area contributed by atoms with Crippen molar-refractivity contribution in [3.8, 4) is 0 Å². The number of nitrogens with zero attached hydrogens (tertiary/aromatic N) is 6. The van der Waals surface area contributed by atoms with E-state index in [-0.39, 0.29) is 0 Å². The molecule has 3 aromatic carbocycles. The van der Waals surface area contributed by atoms with Gasteiger partial charge in [0, 0.05) is 11.4 Å². The van der Waals surface area contributed by atoms with Crippen LogP contribution >= 0.6 is 0 Å². The molecule has 3 atom stereocenters. The number of para-hydroxylation sites is 3. The summed E-state index contributed by atoms with van der Waals surface area (Å²) < 4.78 is 0. The molecule has 9 nitrogen and oxygen atoms in total. The molecule has 0 radical (unpaired) electrons. The zero-order valence-corrected chi connectivity index (χ0v) is 21.7. The highest BCUT2D eigenvalue weighted by Gasteiger charge is 2.68. The molecular weight excluding hydrogens is 492 g/mol. The third kappa shape index (κ3) is 3.53. The second kappa shape index (κ2) is 9.13. The van der Waals surface area contributed by atoms with Crippen LogP contribution in [0.4, 0.5) is 17.1 Å². The number of rotatable bonds is 5. The standard InChI is InChI=1S/C30H26N6O3/c1-19-25(27(37)34(31-19)22-13-7-4-8-14-22)30(21(3)33-36(29(30)39)24-17-11-6-12-18-24)26-20(2)32-35(28(26)38)23-15-9-5-10-16-23/h4-18,25-26H,1-3H3/t25-,26+,30?. The van der Waals surface area contributed by atoms with Crippen molar-refractivity contribution < 1.29 is 14.4 Å². The predicted octanol–water partition coefficient (Wildman–Crippen LogP) is 4.47. The van der Waals surface area contributed by atoms with Crippen LogP contribution < -0.4 is 15.0 Å². The average molecular weight is 519 g/mol. The number of hydrogen-bond acceptors (Lipinski definition) is 6. The van der Waals surface area contributed by atoms with Crippen molar-refractivity contribution >= 4 is 51.9 Å². The minimum absolute atomic E-state index is 0.363. The van der Waals surface area contributed by atoms with Crippen molar-refractivity contribution in [3.63, 3.8) is 0 Å². The van der Waals surface area contributed by atoms with Gasteiger partial charge in [-0.15, -0.1) is 0 Å². The molecule has 9 heteroatoms. The van der Waals surface area contributed by atoms with Crippen molar-refractivity contribution in [2.24, 2.45) is 32.6 Å². The minimum Gasteiger partial charge on any atom is -0.272 e. The van der Waals surface area contributed by atoms with E-state index in [1.54, 1.807) is 57.2 Å². The van der Waals surface area contributed by atoms with Crippen LogP contribution in [-0.4, -0.2) is 34.9 Å². The van der Waals surface area contributed by atoms with E-state index < -0.39 is 35.0 Å². The molecule has 39 heavy (non-hydrogen) atoms. The van der Waals surface area contributed by atoms with Crippen molar-refractivity contribution in [2.45, 2.75) is 20.8 Å². The van der Waals surface area contributed by atoms with Crippen LogP contribution in [0.1, 0.15) is 20.8 Å². The predicted molar refractivity (Wildman–Crippen MR) is 151 cm³/mol. The van der Waals surface area contributed by atoms with E-state index in [2.05, 4.69) is 15.3 Å². The van der Waals surface area contributed by atoms with Gasteiger partial charge in [-0.2, -0.15) is 20.3 Å². The highest BCUT2D eigenvalue weighted by atomic mass is 16.2. The lowest BCUT2D eigenvalue weighted by Crippen LogP contribution is -2.58. The van der Waals surface area contributed by atoms with E-state index in [1.165, 1.54) is 15.0 Å². The lowest BCUT2D eigenvalue weighted by molar-refractivity contribution is -0.136. The van der Waals surface area contributed by atoms with Gasteiger partial charge >= 0.3 is 0 Å². The summed E-state index contributed by atoms with van der Waals surface area (Å²) in [5.41, 5.74) is 1.27. The second-order valence-corrected chi connectivity index (χ2v) is 9.83. The second-order valence-electron chi connectivity index (χ2n) is 9.83. The minimum atomic E-state index is -1.65. The van der Waals surface area contributed by atoms with Gasteiger partial charge in [-0.3, -0.25) is 14.4 Å². The van der Waals surface area contributed by atoms with Crippen molar-refractivity contribution in [1.29, 1.82) is 0 Å². The van der Waals surface area contributed by atoms with Crippen LogP contribution in [0.25, 0.3) is 0 Å². The molecule has 0 aliphatic carbocycles. The van der Waals surface area contributed by atoms with Crippen LogP contribution in [0.3, 0.4) is 0 Å². The van der Waals surface area contributed by atoms with Gasteiger partial charge in [0.05, 0.1) is 22.8 Å². The van der Waals surface area contributed by atoms with E-state index >= 15 is 0 Å². The van der Waals surface area contributed by atoms with Gasteiger partial charge in [0.15, 0.2) is 0 Å². The summed E-state index contributed by atoms with van der Waals surface area (Å²) in [6.45, 7) is 5.15. The van der Waals surface area contributed by atoms with Crippen molar-refractivity contribution in [3.05, 3.63) is 91.0 Å². The summed E-state index contributed by atoms with van der Waals surface area (Å²) in [5, 5.41) is 17.8. The first-order chi connectivity index (χ1) is 18.9. The summed E-state index contributed by atoms with van der Waals surface area (Å²) >= 11 is 0. The van der Waals surface area contributed by atoms with E-state index in [1.807, 2.05) is 54.6 Å². The van der Waals surface area contributed by atoms with Gasteiger partial charge in [0.25, 0.3) is 17.7 Å². The largest absolute Gasteiger partial charge is 0.272 e. The molecule has 194 valence electrons. The topological polar surface area (TPSA) is 98.0 Å². The Bertz CT molecular complexity index is 1490. The lowest BCUT2D eigenvalue weighted by Gasteiger charge is -2.37. The lowest BCUT2D eigenvalue weighted by atomic mass is 9.60. The third-order valence-electron chi connectivity index (χ3n) is 7.57. The maximum absolute atomic E-state index is 14.6. The third-order valence-corrected chi connectivity index (χ3v) is 7.57. The van der Waals surface area contributed by atoms with Crippen LogP contribution in [0.2, 0.25) is 0 Å². The smallest absolute Gasteiger partial charge is 0.261 e. The first-order valence-corrected chi connectivity index (χ1v) is 12.7. The van der Waals surface area contributed by atoms with Crippen LogP contribution in [0, 0.1) is 17.3 Å². The monoisotopic (exact) mass is 518 g/mol. The number of anilines is 3. The molecule has 0 saturated heterocycles. The normalized spacial score (nSPS) is 24.8. The Hall–Kier alpha value is -4.92. The summed E-state index contributed by atoms with van der Waals surface area (Å²) in [4.78, 5) is 43.0. The molecular formula is C30H26N6O3. The summed E-state index contributed by atoms with van der Waals surface area (Å²) in [7, 11) is 0. The Morgan fingerprint density at radius 3 is 1.28 bits per heavy atom. The van der Waals surface area contributed by atoms with Crippen LogP contribution in [-0.2, 0) is 14.4 Å². The first kappa shape index (κ1) is 24.4. The van der Waals surface area contributed by atoms with Crippen LogP contribution in [0.15, 0.2) is 106 Å². The Morgan fingerprint density at radius 2 is 0.897 bits per heavy atom. The highest BCUT2D eigenvalue weighted by Crippen LogP contribution is 2.51. The molecule has 6 rings (SSSR count). The number of amides is 3. The first-order valence-electron chi connectivity index (χ1n) is 12.7. The number of hydrazone groups is 3. The summed E-state index contributed by atoms with van der Waals surface area (Å²) in [5.74, 6) is -3.36. The van der Waals surface area contributed by atoms with Gasteiger partial charge in [-0.1, -0.05) is 54.6 Å². The fourth-order valence-electron chi connectivity index (χ4n) is 5.87. The molecule has 3 amide bonds. The zero-order chi connectivity index (χ0) is 27.3. The molecule has 3 aliphatic heterocycles. The maximum atomic E-state index is 14.6. The van der Waals surface area contributed by atoms with Gasteiger partial charge in [-0.25, -0.2) is 10.0 Å². The molecule has 3 aromatic rings. The van der Waals surface area contributed by atoms with Crippen LogP contribution in [0.5, 0.6) is 0 Å². The van der Waals surface area contributed by atoms with Gasteiger partial charge < -0.3 is 0 Å². The highest BCUT2D eigenvalue weighted by molar-refractivity contribution is 6.33. The van der Waals surface area contributed by atoms with Crippen molar-refractivity contribution in [2.75, 3.05) is 15.0 Å². The van der Waals surface area contributed by atoms with E-state index in [0.29, 0.717) is 34.2 Å². The maximum Gasteiger partial charge on any atom is 0.261 e. The number of carbonyl (C=O) groups excluding carboxylic acids is 3. The van der Waals surface area contributed by atoms with E-state index in [0.717, 1.165) is 0 Å². The summed E-state index contributed by atoms with van der Waals surface area (Å²) in [6, 6.07) is 27.1. The van der Waals surface area contributed by atoms with E-state index in [9.17, 15) is 14.4 Å². The number of benzene rings is 3. The Balaban J connectivity index is 1.51. The SMILES string of the molecule is CC1=NN(c2ccccc2)C(=O)[C@H]1C1([C@H]2C(=O)N(c3ccccc3)N=C2C)C(=O)N(c2ccccc2)N=C1C. The van der Waals surface area contributed by atoms with Crippen molar-refractivity contribution in [1.82, 2.24) is 0 Å². The molecule has 0 spiro atoms. The Labute approximate surface area is 225 Å². The van der Waals surface area contributed by atoms with Gasteiger partial charge in [0.2, 0.25) is 0 Å². The van der Waals surface area contributed by atoms with Gasteiger partial charge in [0.1, 0.15) is 17.3 Å². The Kier molecular flexibility index (Phi) is 5.71. The molecule has 0 bridgehead atoms. The average Bonchev–Trinajstić information content (AvgIpc) is 3.53. The molecule has 0 saturated carbocycles.